The van der Waals surface area contributed by atoms with E-state index in [2.05, 4.69) is 31.4 Å². The van der Waals surface area contributed by atoms with E-state index >= 15 is 0 Å². The van der Waals surface area contributed by atoms with Gasteiger partial charge in [0.1, 0.15) is 0 Å². The molecule has 2 amide bonds. The van der Waals surface area contributed by atoms with Crippen LogP contribution < -0.4 is 10.6 Å². The van der Waals surface area contributed by atoms with Crippen molar-refractivity contribution in [3.63, 3.8) is 0 Å². The summed E-state index contributed by atoms with van der Waals surface area (Å²) in [5.74, 6) is -1.25. The van der Waals surface area contributed by atoms with E-state index in [0.717, 1.165) is 16.1 Å². The van der Waals surface area contributed by atoms with Gasteiger partial charge >= 0.3 is 5.97 Å². The fraction of sp³-hybridized carbons (Fsp3) is 0.318. The number of rotatable bonds is 5. The lowest BCUT2D eigenvalue weighted by atomic mass is 9.87. The molecule has 0 saturated carbocycles. The summed E-state index contributed by atoms with van der Waals surface area (Å²) in [7, 11) is 0. The van der Waals surface area contributed by atoms with Crippen molar-refractivity contribution in [1.29, 1.82) is 0 Å². The molecule has 1 heterocycles. The Morgan fingerprint density at radius 3 is 2.48 bits per heavy atom. The van der Waals surface area contributed by atoms with Gasteiger partial charge in [-0.05, 0) is 35.2 Å². The van der Waals surface area contributed by atoms with Crippen molar-refractivity contribution in [2.45, 2.75) is 42.8 Å². The third-order valence-electron chi connectivity index (χ3n) is 4.46. The van der Waals surface area contributed by atoms with Crippen LogP contribution >= 0.6 is 11.8 Å². The van der Waals surface area contributed by atoms with Crippen molar-refractivity contribution < 1.29 is 19.1 Å². The van der Waals surface area contributed by atoms with Gasteiger partial charge in [0, 0.05) is 10.6 Å². The summed E-state index contributed by atoms with van der Waals surface area (Å²) < 4.78 is 5.05. The predicted octanol–water partition coefficient (Wildman–Crippen LogP) is 3.97. The number of amides is 2. The Morgan fingerprint density at radius 1 is 1.10 bits per heavy atom. The number of carbonyl (C=O) groups is 3. The van der Waals surface area contributed by atoms with E-state index < -0.39 is 23.7 Å². The van der Waals surface area contributed by atoms with Gasteiger partial charge in [0.2, 0.25) is 5.91 Å². The lowest BCUT2D eigenvalue weighted by molar-refractivity contribution is -0.147. The van der Waals surface area contributed by atoms with Crippen molar-refractivity contribution >= 4 is 40.9 Å². The first-order valence-electron chi connectivity index (χ1n) is 9.35. The molecule has 0 unspecified atom stereocenters. The van der Waals surface area contributed by atoms with Gasteiger partial charge in [0.15, 0.2) is 6.61 Å². The van der Waals surface area contributed by atoms with Crippen molar-refractivity contribution in [1.82, 2.24) is 0 Å². The summed E-state index contributed by atoms with van der Waals surface area (Å²) in [5.41, 5.74) is 2.57. The average molecular weight is 413 g/mol. The normalized spacial score (nSPS) is 15.8. The number of benzene rings is 2. The zero-order chi connectivity index (χ0) is 21.0. The highest BCUT2D eigenvalue weighted by Crippen LogP contribution is 2.36. The van der Waals surface area contributed by atoms with Crippen molar-refractivity contribution in [2.24, 2.45) is 0 Å². The number of nitrogens with one attached hydrogen (secondary N) is 2. The molecule has 2 aromatic rings. The summed E-state index contributed by atoms with van der Waals surface area (Å²) in [5, 5.41) is 4.90. The van der Waals surface area contributed by atoms with Crippen LogP contribution in [0.1, 0.15) is 32.8 Å². The maximum Gasteiger partial charge on any atom is 0.307 e. The standard InChI is InChI=1S/C22H24N2O4S/c1-22(2,3)14-8-10-15(11-9-14)23-19(25)13-28-20(26)12-18-21(27)24-16-6-4-5-7-17(16)29-18/h4-11,18H,12-13H2,1-3H3,(H,23,25)(H,24,27)/t18-/m0/s1. The third kappa shape index (κ3) is 5.60. The van der Waals surface area contributed by atoms with Gasteiger partial charge in [0.25, 0.3) is 5.91 Å². The highest BCUT2D eigenvalue weighted by molar-refractivity contribution is 8.01. The molecule has 2 N–H and O–H groups in total. The molecule has 0 fully saturated rings. The minimum Gasteiger partial charge on any atom is -0.456 e. The fourth-order valence-electron chi connectivity index (χ4n) is 2.83. The van der Waals surface area contributed by atoms with E-state index in [0.29, 0.717) is 5.69 Å². The average Bonchev–Trinajstić information content (AvgIpc) is 2.67. The van der Waals surface area contributed by atoms with Gasteiger partial charge in [-0.15, -0.1) is 11.8 Å². The van der Waals surface area contributed by atoms with Gasteiger partial charge in [0.05, 0.1) is 17.4 Å². The zero-order valence-electron chi connectivity index (χ0n) is 16.7. The second kappa shape index (κ2) is 8.69. The molecule has 2 aromatic carbocycles. The maximum atomic E-state index is 12.2. The summed E-state index contributed by atoms with van der Waals surface area (Å²) in [6, 6.07) is 15.0. The zero-order valence-corrected chi connectivity index (χ0v) is 17.5. The van der Waals surface area contributed by atoms with E-state index in [9.17, 15) is 14.4 Å². The number of anilines is 2. The molecule has 0 bridgehead atoms. The Kier molecular flexibility index (Phi) is 6.27. The lowest BCUT2D eigenvalue weighted by Gasteiger charge is -2.23. The highest BCUT2D eigenvalue weighted by atomic mass is 32.2. The highest BCUT2D eigenvalue weighted by Gasteiger charge is 2.29. The second-order valence-corrected chi connectivity index (χ2v) is 9.08. The smallest absolute Gasteiger partial charge is 0.307 e. The molecule has 0 saturated heterocycles. The van der Waals surface area contributed by atoms with Crippen molar-refractivity contribution in [3.05, 3.63) is 54.1 Å². The Labute approximate surface area is 174 Å². The predicted molar refractivity (Wildman–Crippen MR) is 114 cm³/mol. The van der Waals surface area contributed by atoms with Crippen LogP contribution in [0.25, 0.3) is 0 Å². The summed E-state index contributed by atoms with van der Waals surface area (Å²) in [6.07, 6.45) is -0.0988. The molecule has 1 aliphatic rings. The molecule has 7 heteroatoms. The molecular weight excluding hydrogens is 388 g/mol. The van der Waals surface area contributed by atoms with Crippen LogP contribution in [0.4, 0.5) is 11.4 Å². The minimum atomic E-state index is -0.588. The summed E-state index contributed by atoms with van der Waals surface area (Å²) in [4.78, 5) is 37.2. The molecule has 152 valence electrons. The van der Waals surface area contributed by atoms with Crippen LogP contribution in [-0.4, -0.2) is 29.6 Å². The molecule has 1 atom stereocenters. The molecule has 0 aromatic heterocycles. The SMILES string of the molecule is CC(C)(C)c1ccc(NC(=O)COC(=O)C[C@@H]2Sc3ccccc3NC2=O)cc1. The number of carbonyl (C=O) groups excluding carboxylic acids is 3. The maximum absolute atomic E-state index is 12.2. The van der Waals surface area contributed by atoms with Crippen LogP contribution in [0.2, 0.25) is 0 Å². The van der Waals surface area contributed by atoms with E-state index in [1.54, 1.807) is 0 Å². The number of thioether (sulfide) groups is 1. The van der Waals surface area contributed by atoms with Crippen molar-refractivity contribution in [2.75, 3.05) is 17.2 Å². The first kappa shape index (κ1) is 20.9. The molecule has 0 aliphatic carbocycles. The quantitative estimate of drug-likeness (QED) is 0.726. The third-order valence-corrected chi connectivity index (χ3v) is 5.73. The largest absolute Gasteiger partial charge is 0.456 e. The van der Waals surface area contributed by atoms with Gasteiger partial charge in [-0.3, -0.25) is 14.4 Å². The van der Waals surface area contributed by atoms with Crippen molar-refractivity contribution in [3.8, 4) is 0 Å². The first-order valence-corrected chi connectivity index (χ1v) is 10.2. The summed E-state index contributed by atoms with van der Waals surface area (Å²) >= 11 is 1.32. The number of hydrogen-bond donors (Lipinski definition) is 2. The number of para-hydroxylation sites is 1. The van der Waals surface area contributed by atoms with Gasteiger partial charge in [-0.25, -0.2) is 0 Å². The number of hydrogen-bond acceptors (Lipinski definition) is 5. The van der Waals surface area contributed by atoms with Crippen LogP contribution in [0.5, 0.6) is 0 Å². The number of fused-ring (bicyclic) bond motifs is 1. The van der Waals surface area contributed by atoms with Crippen LogP contribution in [0, 0.1) is 0 Å². The second-order valence-electron chi connectivity index (χ2n) is 7.83. The molecule has 0 spiro atoms. The van der Waals surface area contributed by atoms with E-state index in [4.69, 9.17) is 4.74 Å². The molecule has 29 heavy (non-hydrogen) atoms. The molecule has 0 radical (unpaired) electrons. The topological polar surface area (TPSA) is 84.5 Å². The van der Waals surface area contributed by atoms with Gasteiger partial charge in [-0.2, -0.15) is 0 Å². The van der Waals surface area contributed by atoms with Crippen LogP contribution in [0.15, 0.2) is 53.4 Å². The molecule has 6 nitrogen and oxygen atoms in total. The first-order chi connectivity index (χ1) is 13.7. The number of ether oxygens (including phenoxy) is 1. The molecule has 3 rings (SSSR count). The lowest BCUT2D eigenvalue weighted by Crippen LogP contribution is -2.32. The van der Waals surface area contributed by atoms with E-state index in [1.807, 2.05) is 48.5 Å². The van der Waals surface area contributed by atoms with Gasteiger partial charge in [-0.1, -0.05) is 45.0 Å². The summed E-state index contributed by atoms with van der Waals surface area (Å²) in [6.45, 7) is 5.95. The van der Waals surface area contributed by atoms with E-state index in [1.165, 1.54) is 11.8 Å². The Bertz CT molecular complexity index is 919. The Morgan fingerprint density at radius 2 is 1.79 bits per heavy atom. The monoisotopic (exact) mass is 412 g/mol. The van der Waals surface area contributed by atoms with E-state index in [-0.39, 0.29) is 17.7 Å². The molecule has 1 aliphatic heterocycles. The fourth-order valence-corrected chi connectivity index (χ4v) is 3.93. The minimum absolute atomic E-state index is 0.0298. The Hall–Kier alpha value is -2.80. The van der Waals surface area contributed by atoms with Crippen LogP contribution in [0.3, 0.4) is 0 Å². The number of esters is 1. The van der Waals surface area contributed by atoms with Crippen LogP contribution in [-0.2, 0) is 24.5 Å². The van der Waals surface area contributed by atoms with Gasteiger partial charge < -0.3 is 15.4 Å². The molecular formula is C22H24N2O4S. The Balaban J connectivity index is 1.47.